The van der Waals surface area contributed by atoms with Crippen molar-refractivity contribution in [3.63, 3.8) is 0 Å². The molecule has 0 unspecified atom stereocenters. The van der Waals surface area contributed by atoms with Crippen LogP contribution in [0.2, 0.25) is 10.0 Å². The van der Waals surface area contributed by atoms with Crippen LogP contribution in [0.25, 0.3) is 0 Å². The SMILES string of the molecule is O=C(Nc1ccc(Cl)c([N+](=O)[O-])c1)c1cc(I)ccc1Cl. The summed E-state index contributed by atoms with van der Waals surface area (Å²) in [5.74, 6) is -0.449. The third kappa shape index (κ3) is 3.84. The molecular weight excluding hydrogens is 430 g/mol. The van der Waals surface area contributed by atoms with Crippen LogP contribution in [-0.2, 0) is 0 Å². The van der Waals surface area contributed by atoms with Gasteiger partial charge in [-0.25, -0.2) is 0 Å². The van der Waals surface area contributed by atoms with Crippen molar-refractivity contribution < 1.29 is 9.72 Å². The monoisotopic (exact) mass is 436 g/mol. The number of hydrogen-bond acceptors (Lipinski definition) is 3. The zero-order chi connectivity index (χ0) is 15.6. The van der Waals surface area contributed by atoms with E-state index in [4.69, 9.17) is 23.2 Å². The highest BCUT2D eigenvalue weighted by Gasteiger charge is 2.16. The fourth-order valence-corrected chi connectivity index (χ4v) is 2.48. The molecule has 0 heterocycles. The highest BCUT2D eigenvalue weighted by atomic mass is 127. The van der Waals surface area contributed by atoms with E-state index in [1.165, 1.54) is 18.2 Å². The van der Waals surface area contributed by atoms with Gasteiger partial charge in [0.15, 0.2) is 0 Å². The van der Waals surface area contributed by atoms with E-state index in [0.29, 0.717) is 10.6 Å². The minimum atomic E-state index is -0.615. The topological polar surface area (TPSA) is 72.2 Å². The summed E-state index contributed by atoms with van der Waals surface area (Å²) in [6, 6.07) is 9.04. The molecule has 0 spiro atoms. The van der Waals surface area contributed by atoms with Crippen molar-refractivity contribution in [1.29, 1.82) is 0 Å². The van der Waals surface area contributed by atoms with Crippen LogP contribution in [0, 0.1) is 13.7 Å². The van der Waals surface area contributed by atoms with Crippen molar-refractivity contribution in [3.05, 3.63) is 65.7 Å². The summed E-state index contributed by atoms with van der Waals surface area (Å²) in [6.45, 7) is 0. The molecule has 2 aromatic carbocycles. The fraction of sp³-hybridized carbons (Fsp3) is 0. The molecule has 2 aromatic rings. The Kier molecular flexibility index (Phi) is 5.02. The molecule has 1 amide bonds. The van der Waals surface area contributed by atoms with Crippen LogP contribution in [-0.4, -0.2) is 10.8 Å². The lowest BCUT2D eigenvalue weighted by molar-refractivity contribution is -0.384. The van der Waals surface area contributed by atoms with E-state index in [1.54, 1.807) is 18.2 Å². The van der Waals surface area contributed by atoms with Gasteiger partial charge in [-0.3, -0.25) is 14.9 Å². The van der Waals surface area contributed by atoms with Gasteiger partial charge < -0.3 is 5.32 Å². The molecule has 21 heavy (non-hydrogen) atoms. The van der Waals surface area contributed by atoms with E-state index in [1.807, 2.05) is 0 Å². The average Bonchev–Trinajstić information content (AvgIpc) is 2.43. The maximum Gasteiger partial charge on any atom is 0.289 e. The minimum absolute atomic E-state index is 0.00490. The van der Waals surface area contributed by atoms with Gasteiger partial charge in [0.05, 0.1) is 15.5 Å². The molecular formula is C13H7Cl2IN2O3. The Morgan fingerprint density at radius 3 is 2.48 bits per heavy atom. The predicted molar refractivity (Wildman–Crippen MR) is 90.2 cm³/mol. The van der Waals surface area contributed by atoms with Gasteiger partial charge in [0.25, 0.3) is 11.6 Å². The van der Waals surface area contributed by atoms with Crippen LogP contribution in [0.5, 0.6) is 0 Å². The van der Waals surface area contributed by atoms with Crippen LogP contribution >= 0.6 is 45.8 Å². The van der Waals surface area contributed by atoms with E-state index in [2.05, 4.69) is 27.9 Å². The van der Waals surface area contributed by atoms with E-state index in [-0.39, 0.29) is 16.4 Å². The zero-order valence-corrected chi connectivity index (χ0v) is 13.9. The van der Waals surface area contributed by atoms with Gasteiger partial charge in [0.1, 0.15) is 5.02 Å². The third-order valence-electron chi connectivity index (χ3n) is 2.57. The number of amides is 1. The number of carbonyl (C=O) groups excluding carboxylic acids is 1. The fourth-order valence-electron chi connectivity index (χ4n) is 1.60. The molecule has 0 fully saturated rings. The highest BCUT2D eigenvalue weighted by Crippen LogP contribution is 2.28. The molecule has 0 aliphatic rings. The number of carbonyl (C=O) groups is 1. The van der Waals surface area contributed by atoms with E-state index >= 15 is 0 Å². The number of rotatable bonds is 3. The first-order chi connectivity index (χ1) is 9.88. The lowest BCUT2D eigenvalue weighted by Crippen LogP contribution is -2.12. The molecule has 1 N–H and O–H groups in total. The molecule has 0 bridgehead atoms. The lowest BCUT2D eigenvalue weighted by Gasteiger charge is -2.07. The van der Waals surface area contributed by atoms with Gasteiger partial charge in [0.2, 0.25) is 0 Å². The summed E-state index contributed by atoms with van der Waals surface area (Å²) in [6.07, 6.45) is 0. The molecule has 5 nitrogen and oxygen atoms in total. The lowest BCUT2D eigenvalue weighted by atomic mass is 10.2. The normalized spacial score (nSPS) is 10.2. The van der Waals surface area contributed by atoms with Gasteiger partial charge in [-0.15, -0.1) is 0 Å². The zero-order valence-electron chi connectivity index (χ0n) is 10.3. The van der Waals surface area contributed by atoms with Crippen molar-refractivity contribution in [3.8, 4) is 0 Å². The van der Waals surface area contributed by atoms with Crippen LogP contribution in [0.15, 0.2) is 36.4 Å². The Hall–Kier alpha value is -1.38. The second-order valence-corrected chi connectivity index (χ2v) is 6.06. The van der Waals surface area contributed by atoms with Crippen molar-refractivity contribution in [1.82, 2.24) is 0 Å². The van der Waals surface area contributed by atoms with Gasteiger partial charge in [-0.2, -0.15) is 0 Å². The first kappa shape index (κ1) is 16.0. The molecule has 8 heteroatoms. The standard InChI is InChI=1S/C13H7Cl2IN2O3/c14-10-3-1-7(16)5-9(10)13(19)17-8-2-4-11(15)12(6-8)18(20)21/h1-6H,(H,17,19). The van der Waals surface area contributed by atoms with Crippen LogP contribution in [0.1, 0.15) is 10.4 Å². The Morgan fingerprint density at radius 2 is 1.81 bits per heavy atom. The van der Waals surface area contributed by atoms with Crippen molar-refractivity contribution in [2.75, 3.05) is 5.32 Å². The van der Waals surface area contributed by atoms with Crippen LogP contribution in [0.4, 0.5) is 11.4 Å². The first-order valence-corrected chi connectivity index (χ1v) is 7.42. The predicted octanol–water partition coefficient (Wildman–Crippen LogP) is 4.76. The summed E-state index contributed by atoms with van der Waals surface area (Å²) in [5, 5.41) is 13.7. The first-order valence-electron chi connectivity index (χ1n) is 5.59. The molecule has 0 aliphatic carbocycles. The Labute approximate surface area is 143 Å². The number of benzene rings is 2. The number of halogens is 3. The summed E-state index contributed by atoms with van der Waals surface area (Å²) in [7, 11) is 0. The summed E-state index contributed by atoms with van der Waals surface area (Å²) in [5.41, 5.74) is 0.287. The smallest absolute Gasteiger partial charge is 0.289 e. The Balaban J connectivity index is 2.29. The molecule has 0 saturated carbocycles. The number of nitrogens with zero attached hydrogens (tertiary/aromatic N) is 1. The van der Waals surface area contributed by atoms with Crippen molar-refractivity contribution in [2.45, 2.75) is 0 Å². The van der Waals surface area contributed by atoms with Gasteiger partial charge in [-0.1, -0.05) is 23.2 Å². The van der Waals surface area contributed by atoms with Gasteiger partial charge in [-0.05, 0) is 52.9 Å². The minimum Gasteiger partial charge on any atom is -0.322 e. The van der Waals surface area contributed by atoms with Crippen molar-refractivity contribution >= 4 is 63.1 Å². The van der Waals surface area contributed by atoms with Crippen molar-refractivity contribution in [2.24, 2.45) is 0 Å². The van der Waals surface area contributed by atoms with E-state index < -0.39 is 10.8 Å². The molecule has 0 atom stereocenters. The number of anilines is 1. The average molecular weight is 437 g/mol. The third-order valence-corrected chi connectivity index (χ3v) is 3.89. The van der Waals surface area contributed by atoms with Crippen LogP contribution in [0.3, 0.4) is 0 Å². The second-order valence-electron chi connectivity index (χ2n) is 4.00. The molecule has 0 radical (unpaired) electrons. The maximum atomic E-state index is 12.2. The van der Waals surface area contributed by atoms with E-state index in [0.717, 1.165) is 3.57 Å². The van der Waals surface area contributed by atoms with Gasteiger partial charge in [0, 0.05) is 15.3 Å². The molecule has 0 saturated heterocycles. The Morgan fingerprint density at radius 1 is 1.14 bits per heavy atom. The summed E-state index contributed by atoms with van der Waals surface area (Å²) < 4.78 is 0.851. The number of nitro groups is 1. The van der Waals surface area contributed by atoms with Crippen LogP contribution < -0.4 is 5.32 Å². The van der Waals surface area contributed by atoms with Gasteiger partial charge >= 0.3 is 0 Å². The molecule has 108 valence electrons. The summed E-state index contributed by atoms with van der Waals surface area (Å²) in [4.78, 5) is 22.4. The maximum absolute atomic E-state index is 12.2. The summed E-state index contributed by atoms with van der Waals surface area (Å²) >= 11 is 13.7. The highest BCUT2D eigenvalue weighted by molar-refractivity contribution is 14.1. The molecule has 0 aliphatic heterocycles. The Bertz CT molecular complexity index is 737. The number of nitrogens with one attached hydrogen (secondary N) is 1. The largest absolute Gasteiger partial charge is 0.322 e. The quantitative estimate of drug-likeness (QED) is 0.428. The van der Waals surface area contributed by atoms with E-state index in [9.17, 15) is 14.9 Å². The molecule has 0 aromatic heterocycles. The number of nitro benzene ring substituents is 1. The number of hydrogen-bond donors (Lipinski definition) is 1. The second kappa shape index (κ2) is 6.59. The molecule has 2 rings (SSSR count).